The number of carbonyl (C=O) groups excluding carboxylic acids is 3. The fourth-order valence-corrected chi connectivity index (χ4v) is 7.17. The average molecular weight is 710 g/mol. The summed E-state index contributed by atoms with van der Waals surface area (Å²) in [5.41, 5.74) is 2.77. The van der Waals surface area contributed by atoms with Crippen molar-refractivity contribution in [3.63, 3.8) is 0 Å². The van der Waals surface area contributed by atoms with Crippen molar-refractivity contribution in [1.29, 1.82) is 0 Å². The molecule has 0 bridgehead atoms. The van der Waals surface area contributed by atoms with Gasteiger partial charge in [-0.2, -0.15) is 0 Å². The van der Waals surface area contributed by atoms with Gasteiger partial charge in [0.2, 0.25) is 5.91 Å². The second kappa shape index (κ2) is 15.3. The summed E-state index contributed by atoms with van der Waals surface area (Å²) < 4.78 is 0.977. The Hall–Kier alpha value is -4.93. The second-order valence-corrected chi connectivity index (χ2v) is 13.4. The normalized spacial score (nSPS) is 11.9. The zero-order valence-corrected chi connectivity index (χ0v) is 28.2. The highest BCUT2D eigenvalue weighted by Gasteiger charge is 2.24. The molecule has 0 radical (unpaired) electrons. The number of fused-ring (bicyclic) bond motifs is 1. The summed E-state index contributed by atoms with van der Waals surface area (Å²) in [6, 6.07) is 37.8. The number of hydrogen-bond donors (Lipinski definition) is 3. The Morgan fingerprint density at radius 1 is 0.750 bits per heavy atom. The Kier molecular flexibility index (Phi) is 10.5. The lowest BCUT2D eigenvalue weighted by atomic mass is 10.1. The number of rotatable bonds is 10. The number of halogens is 2. The zero-order valence-electron chi connectivity index (χ0n) is 25.0. The van der Waals surface area contributed by atoms with Crippen LogP contribution in [0.5, 0.6) is 0 Å². The van der Waals surface area contributed by atoms with Crippen LogP contribution >= 0.6 is 46.3 Å². The number of nitrogens with one attached hydrogen (secondary N) is 3. The van der Waals surface area contributed by atoms with Gasteiger partial charge in [0.15, 0.2) is 5.13 Å². The minimum Gasteiger partial charge on any atom is -0.321 e. The van der Waals surface area contributed by atoms with Crippen LogP contribution in [0.1, 0.15) is 26.7 Å². The van der Waals surface area contributed by atoms with Crippen molar-refractivity contribution >= 4 is 91.1 Å². The molecule has 5 aromatic carbocycles. The second-order valence-electron chi connectivity index (χ2n) is 10.4. The van der Waals surface area contributed by atoms with Crippen molar-refractivity contribution in [2.75, 3.05) is 10.6 Å². The lowest BCUT2D eigenvalue weighted by molar-refractivity contribution is -0.116. The van der Waals surface area contributed by atoms with Gasteiger partial charge in [0.25, 0.3) is 11.8 Å². The van der Waals surface area contributed by atoms with E-state index in [1.165, 1.54) is 29.2 Å². The third-order valence-electron chi connectivity index (χ3n) is 7.03. The predicted octanol–water partition coefficient (Wildman–Crippen LogP) is 9.48. The number of thioether (sulfide) groups is 1. The first kappa shape index (κ1) is 33.0. The van der Waals surface area contributed by atoms with Crippen molar-refractivity contribution < 1.29 is 14.4 Å². The molecule has 3 N–H and O–H groups in total. The number of para-hydroxylation sites is 1. The quantitative estimate of drug-likeness (QED) is 0.0972. The van der Waals surface area contributed by atoms with Crippen molar-refractivity contribution in [1.82, 2.24) is 10.3 Å². The molecule has 6 rings (SSSR count). The number of carbonyl (C=O) groups is 3. The molecule has 1 atom stereocenters. The molecule has 7 nitrogen and oxygen atoms in total. The number of thiazole rings is 1. The Balaban J connectivity index is 1.24. The fourth-order valence-electron chi connectivity index (χ4n) is 4.71. The van der Waals surface area contributed by atoms with Gasteiger partial charge >= 0.3 is 0 Å². The molecule has 0 aliphatic rings. The summed E-state index contributed by atoms with van der Waals surface area (Å²) in [7, 11) is 0. The number of nitrogens with zero attached hydrogens (tertiary/aromatic N) is 1. The van der Waals surface area contributed by atoms with Crippen LogP contribution in [0.3, 0.4) is 0 Å². The van der Waals surface area contributed by atoms with Crippen LogP contribution in [0.25, 0.3) is 16.3 Å². The Bertz CT molecular complexity index is 2090. The first-order chi connectivity index (χ1) is 23.3. The summed E-state index contributed by atoms with van der Waals surface area (Å²) in [6.45, 7) is 0. The fraction of sp³-hybridized carbons (Fsp3) is 0.0270. The standard InChI is InChI=1S/C37H26Cl2N4O3S2/c38-28-17-10-18-29(39)27(28)22-31(41-34(44)24-13-5-2-6-14-24)35(45)40-25-15-9-16-26(21-25)47-33(23-11-3-1-4-12-23)36(46)43-37-42-30-19-7-8-20-32(30)48-37/h1-22,33H,(H,40,45)(H,41,44)(H,42,43,46)/b31-22+. The maximum atomic E-state index is 13.7. The van der Waals surface area contributed by atoms with Crippen molar-refractivity contribution in [3.05, 3.63) is 160 Å². The summed E-state index contributed by atoms with van der Waals surface area (Å²) in [4.78, 5) is 45.8. The maximum absolute atomic E-state index is 13.7. The molecule has 0 saturated heterocycles. The van der Waals surface area contributed by atoms with Crippen LogP contribution in [-0.4, -0.2) is 22.7 Å². The molecule has 3 amide bonds. The molecule has 0 aliphatic carbocycles. The van der Waals surface area contributed by atoms with Crippen molar-refractivity contribution in [3.8, 4) is 0 Å². The number of hydrogen-bond acceptors (Lipinski definition) is 6. The highest BCUT2D eigenvalue weighted by Crippen LogP contribution is 2.38. The van der Waals surface area contributed by atoms with Crippen molar-refractivity contribution in [2.45, 2.75) is 10.1 Å². The van der Waals surface area contributed by atoms with E-state index in [9.17, 15) is 14.4 Å². The van der Waals surface area contributed by atoms with E-state index < -0.39 is 17.1 Å². The topological polar surface area (TPSA) is 100 Å². The van der Waals surface area contributed by atoms with Crippen molar-refractivity contribution in [2.24, 2.45) is 0 Å². The average Bonchev–Trinajstić information content (AvgIpc) is 3.51. The number of amides is 3. The third kappa shape index (κ3) is 8.13. The van der Waals surface area contributed by atoms with E-state index in [1.807, 2.05) is 60.7 Å². The van der Waals surface area contributed by atoms with E-state index in [0.717, 1.165) is 20.7 Å². The summed E-state index contributed by atoms with van der Waals surface area (Å²) in [5, 5.41) is 9.08. The molecule has 238 valence electrons. The van der Waals surface area contributed by atoms with E-state index in [4.69, 9.17) is 23.2 Å². The van der Waals surface area contributed by atoms with E-state index in [1.54, 1.807) is 66.7 Å². The third-order valence-corrected chi connectivity index (χ3v) is 9.89. The Labute approximate surface area is 295 Å². The highest BCUT2D eigenvalue weighted by molar-refractivity contribution is 8.00. The Morgan fingerprint density at radius 3 is 2.15 bits per heavy atom. The first-order valence-corrected chi connectivity index (χ1v) is 17.1. The largest absolute Gasteiger partial charge is 0.321 e. The summed E-state index contributed by atoms with van der Waals surface area (Å²) in [5.74, 6) is -1.30. The smallest absolute Gasteiger partial charge is 0.272 e. The Morgan fingerprint density at radius 2 is 1.42 bits per heavy atom. The van der Waals surface area contributed by atoms with Crippen LogP contribution in [0.2, 0.25) is 10.0 Å². The number of benzene rings is 5. The van der Waals surface area contributed by atoms with E-state index >= 15 is 0 Å². The lowest BCUT2D eigenvalue weighted by Crippen LogP contribution is -2.30. The molecule has 6 aromatic rings. The molecule has 0 fully saturated rings. The van der Waals surface area contributed by atoms with Crippen LogP contribution in [-0.2, 0) is 9.59 Å². The molecular weight excluding hydrogens is 683 g/mol. The molecule has 1 unspecified atom stereocenters. The molecule has 11 heteroatoms. The van der Waals surface area contributed by atoms with Gasteiger partial charge in [-0.15, -0.1) is 11.8 Å². The highest BCUT2D eigenvalue weighted by atomic mass is 35.5. The van der Waals surface area contributed by atoms with Gasteiger partial charge in [-0.25, -0.2) is 4.98 Å². The van der Waals surface area contributed by atoms with Gasteiger partial charge in [-0.1, -0.05) is 107 Å². The molecule has 1 aromatic heterocycles. The van der Waals surface area contributed by atoms with Gasteiger partial charge in [-0.05, 0) is 66.2 Å². The maximum Gasteiger partial charge on any atom is 0.272 e. The number of aromatic nitrogens is 1. The number of anilines is 2. The molecular formula is C37H26Cl2N4O3S2. The first-order valence-electron chi connectivity index (χ1n) is 14.7. The molecule has 0 aliphatic heterocycles. The van der Waals surface area contributed by atoms with Gasteiger partial charge < -0.3 is 16.0 Å². The predicted molar refractivity (Wildman–Crippen MR) is 197 cm³/mol. The minimum atomic E-state index is -0.618. The van der Waals surface area contributed by atoms with E-state index in [2.05, 4.69) is 20.9 Å². The van der Waals surface area contributed by atoms with E-state index in [0.29, 0.717) is 32.0 Å². The SMILES string of the molecule is O=C(Nc1cccc(SC(C(=O)Nc2nc3ccccc3s2)c2ccccc2)c1)/C(=C\c1c(Cl)cccc1Cl)NC(=O)c1ccccc1. The van der Waals surface area contributed by atoms with Gasteiger partial charge in [0.1, 0.15) is 10.9 Å². The van der Waals surface area contributed by atoms with Crippen LogP contribution in [0, 0.1) is 0 Å². The van der Waals surface area contributed by atoms with Gasteiger partial charge in [0.05, 0.1) is 10.2 Å². The monoisotopic (exact) mass is 708 g/mol. The van der Waals surface area contributed by atoms with Gasteiger partial charge in [-0.3, -0.25) is 14.4 Å². The van der Waals surface area contributed by atoms with Crippen LogP contribution < -0.4 is 16.0 Å². The van der Waals surface area contributed by atoms with Crippen LogP contribution in [0.15, 0.2) is 138 Å². The zero-order chi connectivity index (χ0) is 33.5. The van der Waals surface area contributed by atoms with Gasteiger partial charge in [0, 0.05) is 31.8 Å². The summed E-state index contributed by atoms with van der Waals surface area (Å²) in [6.07, 6.45) is 1.44. The van der Waals surface area contributed by atoms with E-state index in [-0.39, 0.29) is 11.6 Å². The molecule has 48 heavy (non-hydrogen) atoms. The molecule has 1 heterocycles. The molecule has 0 saturated carbocycles. The lowest BCUT2D eigenvalue weighted by Gasteiger charge is -2.17. The summed E-state index contributed by atoms with van der Waals surface area (Å²) >= 11 is 15.5. The molecule has 0 spiro atoms. The minimum absolute atomic E-state index is 0.0608. The van der Waals surface area contributed by atoms with Crippen LogP contribution in [0.4, 0.5) is 10.8 Å².